The monoisotopic (exact) mass is 264 g/mol. The topological polar surface area (TPSA) is 55.1 Å². The van der Waals surface area contributed by atoms with E-state index in [4.69, 9.17) is 4.42 Å². The van der Waals surface area contributed by atoms with E-state index in [-0.39, 0.29) is 5.91 Å². The number of hydrogen-bond donors (Lipinski definition) is 1. The Labute approximate surface area is 110 Å². The molecule has 0 unspecified atom stereocenters. The van der Waals surface area contributed by atoms with E-state index in [1.54, 1.807) is 17.6 Å². The van der Waals surface area contributed by atoms with E-state index in [1.165, 1.54) is 4.88 Å². The van der Waals surface area contributed by atoms with Crippen LogP contribution in [-0.4, -0.2) is 10.9 Å². The smallest absolute Gasteiger partial charge is 0.220 e. The molecule has 0 aliphatic rings. The van der Waals surface area contributed by atoms with Gasteiger partial charge in [0.2, 0.25) is 5.91 Å². The first-order chi connectivity index (χ1) is 8.65. The van der Waals surface area contributed by atoms with Crippen LogP contribution >= 0.6 is 11.3 Å². The first-order valence-electron chi connectivity index (χ1n) is 5.87. The molecule has 0 fully saturated rings. The van der Waals surface area contributed by atoms with Gasteiger partial charge in [0.05, 0.1) is 23.5 Å². The summed E-state index contributed by atoms with van der Waals surface area (Å²) in [5, 5.41) is 3.89. The number of aryl methyl sites for hydroxylation is 3. The highest BCUT2D eigenvalue weighted by Gasteiger charge is 2.08. The SMILES string of the molecule is Cc1nc(C)c(CCC(=O)NCc2ccco2)s1. The van der Waals surface area contributed by atoms with Crippen LogP contribution in [0.2, 0.25) is 0 Å². The quantitative estimate of drug-likeness (QED) is 0.903. The first kappa shape index (κ1) is 12.8. The molecule has 2 aromatic rings. The van der Waals surface area contributed by atoms with Crippen molar-refractivity contribution in [1.29, 1.82) is 0 Å². The number of nitrogens with zero attached hydrogens (tertiary/aromatic N) is 1. The maximum Gasteiger partial charge on any atom is 0.220 e. The Bertz CT molecular complexity index is 517. The second kappa shape index (κ2) is 5.82. The van der Waals surface area contributed by atoms with Gasteiger partial charge in [0.25, 0.3) is 0 Å². The molecule has 5 heteroatoms. The molecule has 0 aromatic carbocycles. The second-order valence-electron chi connectivity index (χ2n) is 4.10. The lowest BCUT2D eigenvalue weighted by atomic mass is 10.2. The van der Waals surface area contributed by atoms with Gasteiger partial charge < -0.3 is 9.73 Å². The van der Waals surface area contributed by atoms with E-state index in [0.717, 1.165) is 22.9 Å². The van der Waals surface area contributed by atoms with Gasteiger partial charge in [-0.15, -0.1) is 11.3 Å². The number of carbonyl (C=O) groups is 1. The summed E-state index contributed by atoms with van der Waals surface area (Å²) in [5.41, 5.74) is 1.04. The molecule has 1 N–H and O–H groups in total. The van der Waals surface area contributed by atoms with Crippen LogP contribution in [0, 0.1) is 13.8 Å². The summed E-state index contributed by atoms with van der Waals surface area (Å²) in [6, 6.07) is 3.65. The van der Waals surface area contributed by atoms with Gasteiger partial charge in [0.15, 0.2) is 0 Å². The van der Waals surface area contributed by atoms with Crippen molar-refractivity contribution in [3.63, 3.8) is 0 Å². The molecular weight excluding hydrogens is 248 g/mol. The molecule has 96 valence electrons. The largest absolute Gasteiger partial charge is 0.467 e. The summed E-state index contributed by atoms with van der Waals surface area (Å²) < 4.78 is 5.15. The Kier molecular flexibility index (Phi) is 4.15. The fraction of sp³-hybridized carbons (Fsp3) is 0.385. The van der Waals surface area contributed by atoms with Crippen molar-refractivity contribution in [2.45, 2.75) is 33.2 Å². The van der Waals surface area contributed by atoms with Gasteiger partial charge in [-0.2, -0.15) is 0 Å². The minimum Gasteiger partial charge on any atom is -0.467 e. The highest BCUT2D eigenvalue weighted by Crippen LogP contribution is 2.18. The summed E-state index contributed by atoms with van der Waals surface area (Å²) in [4.78, 5) is 17.2. The predicted octanol–water partition coefficient (Wildman–Crippen LogP) is 2.60. The van der Waals surface area contributed by atoms with E-state index in [0.29, 0.717) is 13.0 Å². The minimum atomic E-state index is 0.0388. The molecule has 4 nitrogen and oxygen atoms in total. The molecule has 2 heterocycles. The molecule has 0 spiro atoms. The zero-order valence-electron chi connectivity index (χ0n) is 10.5. The molecule has 1 amide bonds. The Morgan fingerprint density at radius 2 is 2.33 bits per heavy atom. The van der Waals surface area contributed by atoms with Gasteiger partial charge in [-0.1, -0.05) is 0 Å². The molecule has 0 saturated heterocycles. The van der Waals surface area contributed by atoms with Crippen LogP contribution in [-0.2, 0) is 17.8 Å². The number of carbonyl (C=O) groups excluding carboxylic acids is 1. The average molecular weight is 264 g/mol. The van der Waals surface area contributed by atoms with E-state index in [9.17, 15) is 4.79 Å². The lowest BCUT2D eigenvalue weighted by Crippen LogP contribution is -2.22. The average Bonchev–Trinajstić information content (AvgIpc) is 2.94. The van der Waals surface area contributed by atoms with Gasteiger partial charge in [-0.25, -0.2) is 4.98 Å². The minimum absolute atomic E-state index is 0.0388. The lowest BCUT2D eigenvalue weighted by Gasteiger charge is -2.02. The fourth-order valence-electron chi connectivity index (χ4n) is 1.72. The third kappa shape index (κ3) is 3.43. The summed E-state index contributed by atoms with van der Waals surface area (Å²) in [6.45, 7) is 4.42. The number of aromatic nitrogens is 1. The molecule has 0 atom stereocenters. The van der Waals surface area contributed by atoms with Gasteiger partial charge in [-0.3, -0.25) is 4.79 Å². The van der Waals surface area contributed by atoms with Crippen molar-refractivity contribution in [2.75, 3.05) is 0 Å². The van der Waals surface area contributed by atoms with Crippen LogP contribution in [0.3, 0.4) is 0 Å². The maximum absolute atomic E-state index is 11.7. The molecule has 0 aliphatic heterocycles. The molecular formula is C13H16N2O2S. The van der Waals surface area contributed by atoms with Crippen molar-refractivity contribution < 1.29 is 9.21 Å². The van der Waals surface area contributed by atoms with Crippen LogP contribution in [0.5, 0.6) is 0 Å². The van der Waals surface area contributed by atoms with Crippen LogP contribution < -0.4 is 5.32 Å². The van der Waals surface area contributed by atoms with Crippen molar-refractivity contribution in [3.05, 3.63) is 39.7 Å². The van der Waals surface area contributed by atoms with E-state index in [2.05, 4.69) is 10.3 Å². The number of hydrogen-bond acceptors (Lipinski definition) is 4. The fourth-order valence-corrected chi connectivity index (χ4v) is 2.66. The van der Waals surface area contributed by atoms with Crippen molar-refractivity contribution >= 4 is 17.2 Å². The Balaban J connectivity index is 1.76. The first-order valence-corrected chi connectivity index (χ1v) is 6.69. The van der Waals surface area contributed by atoms with E-state index >= 15 is 0 Å². The van der Waals surface area contributed by atoms with Crippen molar-refractivity contribution in [3.8, 4) is 0 Å². The highest BCUT2D eigenvalue weighted by atomic mass is 32.1. The molecule has 0 saturated carbocycles. The standard InChI is InChI=1S/C13H16N2O2S/c1-9-12(18-10(2)15-9)5-6-13(16)14-8-11-4-3-7-17-11/h3-4,7H,5-6,8H2,1-2H3,(H,14,16). The Morgan fingerprint density at radius 3 is 2.94 bits per heavy atom. The zero-order valence-corrected chi connectivity index (χ0v) is 11.3. The summed E-state index contributed by atoms with van der Waals surface area (Å²) in [6.07, 6.45) is 2.84. The van der Waals surface area contributed by atoms with Crippen molar-refractivity contribution in [1.82, 2.24) is 10.3 Å². The number of nitrogens with one attached hydrogen (secondary N) is 1. The van der Waals surface area contributed by atoms with Crippen LogP contribution in [0.1, 0.15) is 27.8 Å². The summed E-state index contributed by atoms with van der Waals surface area (Å²) in [7, 11) is 0. The Hall–Kier alpha value is -1.62. The van der Waals surface area contributed by atoms with Crippen molar-refractivity contribution in [2.24, 2.45) is 0 Å². The van der Waals surface area contributed by atoms with Gasteiger partial charge in [-0.05, 0) is 32.4 Å². The second-order valence-corrected chi connectivity index (χ2v) is 5.39. The van der Waals surface area contributed by atoms with Crippen LogP contribution in [0.25, 0.3) is 0 Å². The Morgan fingerprint density at radius 1 is 1.50 bits per heavy atom. The van der Waals surface area contributed by atoms with E-state index in [1.807, 2.05) is 26.0 Å². The molecule has 0 aliphatic carbocycles. The maximum atomic E-state index is 11.7. The predicted molar refractivity (Wildman–Crippen MR) is 70.5 cm³/mol. The third-order valence-corrected chi connectivity index (χ3v) is 3.75. The highest BCUT2D eigenvalue weighted by molar-refractivity contribution is 7.11. The third-order valence-electron chi connectivity index (χ3n) is 2.62. The van der Waals surface area contributed by atoms with Crippen LogP contribution in [0.4, 0.5) is 0 Å². The molecule has 18 heavy (non-hydrogen) atoms. The summed E-state index contributed by atoms with van der Waals surface area (Å²) >= 11 is 1.66. The molecule has 0 bridgehead atoms. The van der Waals surface area contributed by atoms with Gasteiger partial charge in [0.1, 0.15) is 5.76 Å². The lowest BCUT2D eigenvalue weighted by molar-refractivity contribution is -0.121. The van der Waals surface area contributed by atoms with Gasteiger partial charge in [0, 0.05) is 11.3 Å². The molecule has 2 rings (SSSR count). The van der Waals surface area contributed by atoms with E-state index < -0.39 is 0 Å². The van der Waals surface area contributed by atoms with Gasteiger partial charge >= 0.3 is 0 Å². The zero-order chi connectivity index (χ0) is 13.0. The van der Waals surface area contributed by atoms with Crippen LogP contribution in [0.15, 0.2) is 22.8 Å². The molecule has 0 radical (unpaired) electrons. The summed E-state index contributed by atoms with van der Waals surface area (Å²) in [5.74, 6) is 0.810. The number of rotatable bonds is 5. The molecule has 2 aromatic heterocycles. The number of thiazole rings is 1. The number of amides is 1. The normalized spacial score (nSPS) is 10.6. The number of furan rings is 1.